The van der Waals surface area contributed by atoms with Crippen molar-refractivity contribution in [1.29, 1.82) is 0 Å². The largest absolute Gasteiger partial charge is 0.481 e. The van der Waals surface area contributed by atoms with Gasteiger partial charge in [-0.2, -0.15) is 0 Å². The number of hydrogen-bond acceptors (Lipinski definition) is 6. The van der Waals surface area contributed by atoms with E-state index in [2.05, 4.69) is 10.3 Å². The van der Waals surface area contributed by atoms with Gasteiger partial charge in [0.15, 0.2) is 5.69 Å². The molecule has 1 aliphatic heterocycles. The van der Waals surface area contributed by atoms with Crippen LogP contribution in [0.25, 0.3) is 0 Å². The van der Waals surface area contributed by atoms with E-state index in [9.17, 15) is 14.7 Å². The lowest BCUT2D eigenvalue weighted by Crippen LogP contribution is -2.49. The SMILES string of the molecule is COC1CC(C(=O)O)CN(C(=O)c2ncsc2Nc2ccccc2)C1. The number of carboxylic acid groups (broad SMARTS) is 1. The van der Waals surface area contributed by atoms with E-state index in [0.29, 0.717) is 23.7 Å². The van der Waals surface area contributed by atoms with Gasteiger partial charge < -0.3 is 20.1 Å². The summed E-state index contributed by atoms with van der Waals surface area (Å²) >= 11 is 1.33. The number of methoxy groups -OCH3 is 1. The van der Waals surface area contributed by atoms with E-state index >= 15 is 0 Å². The van der Waals surface area contributed by atoms with Crippen LogP contribution < -0.4 is 5.32 Å². The van der Waals surface area contributed by atoms with Crippen molar-refractivity contribution in [2.75, 3.05) is 25.5 Å². The lowest BCUT2D eigenvalue weighted by atomic mass is 9.95. The maximum atomic E-state index is 12.9. The number of piperidine rings is 1. The highest BCUT2D eigenvalue weighted by molar-refractivity contribution is 7.14. The first-order valence-corrected chi connectivity index (χ1v) is 8.77. The van der Waals surface area contributed by atoms with Crippen LogP contribution in [-0.2, 0) is 9.53 Å². The van der Waals surface area contributed by atoms with Crippen LogP contribution in [0.2, 0.25) is 0 Å². The number of nitrogens with zero attached hydrogens (tertiary/aromatic N) is 2. The van der Waals surface area contributed by atoms with Crippen LogP contribution in [0.3, 0.4) is 0 Å². The number of amides is 1. The van der Waals surface area contributed by atoms with E-state index < -0.39 is 11.9 Å². The minimum atomic E-state index is -0.916. The number of nitrogens with one attached hydrogen (secondary N) is 1. The first-order chi connectivity index (χ1) is 12.1. The second-order valence-corrected chi connectivity index (χ2v) is 6.71. The number of carboxylic acids is 1. The third kappa shape index (κ3) is 3.97. The summed E-state index contributed by atoms with van der Waals surface area (Å²) in [6, 6.07) is 9.51. The van der Waals surface area contributed by atoms with Crippen LogP contribution in [0.4, 0.5) is 10.7 Å². The van der Waals surface area contributed by atoms with E-state index in [1.165, 1.54) is 23.3 Å². The second kappa shape index (κ2) is 7.62. The fourth-order valence-electron chi connectivity index (χ4n) is 2.86. The van der Waals surface area contributed by atoms with Crippen LogP contribution >= 0.6 is 11.3 Å². The summed E-state index contributed by atoms with van der Waals surface area (Å²) < 4.78 is 5.30. The molecule has 7 nitrogen and oxygen atoms in total. The molecule has 25 heavy (non-hydrogen) atoms. The van der Waals surface area contributed by atoms with E-state index in [0.717, 1.165) is 5.69 Å². The topological polar surface area (TPSA) is 91.8 Å². The van der Waals surface area contributed by atoms with Crippen molar-refractivity contribution in [3.05, 3.63) is 41.5 Å². The molecule has 132 valence electrons. The zero-order chi connectivity index (χ0) is 17.8. The number of thiazole rings is 1. The van der Waals surface area contributed by atoms with Gasteiger partial charge in [-0.15, -0.1) is 11.3 Å². The van der Waals surface area contributed by atoms with Gasteiger partial charge in [0.25, 0.3) is 5.91 Å². The number of aliphatic carboxylic acids is 1. The van der Waals surface area contributed by atoms with Crippen molar-refractivity contribution in [3.63, 3.8) is 0 Å². The number of carbonyl (C=O) groups excluding carboxylic acids is 1. The van der Waals surface area contributed by atoms with E-state index in [1.54, 1.807) is 5.51 Å². The Bertz CT molecular complexity index is 749. The first-order valence-electron chi connectivity index (χ1n) is 7.89. The van der Waals surface area contributed by atoms with Crippen molar-refractivity contribution < 1.29 is 19.4 Å². The zero-order valence-corrected chi connectivity index (χ0v) is 14.5. The number of anilines is 2. The highest BCUT2D eigenvalue weighted by atomic mass is 32.1. The first kappa shape index (κ1) is 17.4. The second-order valence-electron chi connectivity index (χ2n) is 5.86. The van der Waals surface area contributed by atoms with Crippen molar-refractivity contribution in [2.24, 2.45) is 5.92 Å². The highest BCUT2D eigenvalue weighted by Gasteiger charge is 2.35. The maximum absolute atomic E-state index is 12.9. The van der Waals surface area contributed by atoms with E-state index in [-0.39, 0.29) is 18.6 Å². The van der Waals surface area contributed by atoms with Gasteiger partial charge in [-0.1, -0.05) is 18.2 Å². The lowest BCUT2D eigenvalue weighted by Gasteiger charge is -2.35. The number of para-hydroxylation sites is 1. The fraction of sp³-hybridized carbons (Fsp3) is 0.353. The molecule has 1 saturated heterocycles. The van der Waals surface area contributed by atoms with Gasteiger partial charge in [-0.25, -0.2) is 4.98 Å². The van der Waals surface area contributed by atoms with Crippen molar-refractivity contribution in [3.8, 4) is 0 Å². The Kier molecular flexibility index (Phi) is 5.30. The predicted molar refractivity (Wildman–Crippen MR) is 94.3 cm³/mol. The van der Waals surface area contributed by atoms with Crippen molar-refractivity contribution in [1.82, 2.24) is 9.88 Å². The summed E-state index contributed by atoms with van der Waals surface area (Å²) in [5.41, 5.74) is 2.76. The predicted octanol–water partition coefficient (Wildman–Crippen LogP) is 2.45. The molecule has 1 aromatic heterocycles. The molecule has 1 amide bonds. The average molecular weight is 361 g/mol. The van der Waals surface area contributed by atoms with E-state index in [4.69, 9.17) is 4.74 Å². The molecule has 0 bridgehead atoms. The summed E-state index contributed by atoms with van der Waals surface area (Å²) in [5, 5.41) is 13.1. The van der Waals surface area contributed by atoms with Gasteiger partial charge in [0.05, 0.1) is 17.5 Å². The van der Waals surface area contributed by atoms with Crippen LogP contribution in [0.15, 0.2) is 35.8 Å². The highest BCUT2D eigenvalue weighted by Crippen LogP contribution is 2.28. The standard InChI is InChI=1S/C17H19N3O4S/c1-24-13-7-11(17(22)23)8-20(9-13)16(21)14-15(25-10-18-14)19-12-5-3-2-4-6-12/h2-6,10-11,13,19H,7-9H2,1H3,(H,22,23). The molecule has 0 spiro atoms. The molecular formula is C17H19N3O4S. The normalized spacial score (nSPS) is 20.3. The van der Waals surface area contributed by atoms with Gasteiger partial charge in [0.2, 0.25) is 0 Å². The molecule has 1 aliphatic rings. The summed E-state index contributed by atoms with van der Waals surface area (Å²) in [4.78, 5) is 29.9. The molecule has 0 radical (unpaired) electrons. The van der Waals surface area contributed by atoms with Gasteiger partial charge in [-0.05, 0) is 18.6 Å². The van der Waals surface area contributed by atoms with Crippen LogP contribution in [-0.4, -0.2) is 53.2 Å². The zero-order valence-electron chi connectivity index (χ0n) is 13.7. The summed E-state index contributed by atoms with van der Waals surface area (Å²) in [7, 11) is 1.53. The Morgan fingerprint density at radius 3 is 2.76 bits per heavy atom. The van der Waals surface area contributed by atoms with Gasteiger partial charge in [0.1, 0.15) is 5.00 Å². The van der Waals surface area contributed by atoms with Crippen LogP contribution in [0, 0.1) is 5.92 Å². The molecule has 2 aromatic rings. The molecule has 2 atom stereocenters. The Hall–Kier alpha value is -2.45. The van der Waals surface area contributed by atoms with Crippen LogP contribution in [0.1, 0.15) is 16.9 Å². The third-order valence-corrected chi connectivity index (χ3v) is 4.93. The number of carbonyl (C=O) groups is 2. The molecular weight excluding hydrogens is 342 g/mol. The van der Waals surface area contributed by atoms with Gasteiger partial charge in [0, 0.05) is 25.9 Å². The lowest BCUT2D eigenvalue weighted by molar-refractivity contribution is -0.145. The molecule has 1 fully saturated rings. The number of aromatic nitrogens is 1. The number of likely N-dealkylation sites (tertiary alicyclic amines) is 1. The van der Waals surface area contributed by atoms with Gasteiger partial charge >= 0.3 is 5.97 Å². The minimum Gasteiger partial charge on any atom is -0.481 e. The molecule has 1 aromatic carbocycles. The number of hydrogen-bond donors (Lipinski definition) is 2. The van der Waals surface area contributed by atoms with Crippen molar-refractivity contribution >= 4 is 33.9 Å². The average Bonchev–Trinajstić information content (AvgIpc) is 3.09. The minimum absolute atomic E-state index is 0.163. The Morgan fingerprint density at radius 1 is 1.32 bits per heavy atom. The maximum Gasteiger partial charge on any atom is 0.308 e. The van der Waals surface area contributed by atoms with Gasteiger partial charge in [-0.3, -0.25) is 9.59 Å². The summed E-state index contributed by atoms with van der Waals surface area (Å²) in [5.74, 6) is -1.83. The smallest absolute Gasteiger partial charge is 0.308 e. The third-order valence-electron chi connectivity index (χ3n) is 4.18. The molecule has 3 rings (SSSR count). The summed E-state index contributed by atoms with van der Waals surface area (Å²) in [6.07, 6.45) is 0.116. The molecule has 0 saturated carbocycles. The number of rotatable bonds is 5. The molecule has 2 heterocycles. The quantitative estimate of drug-likeness (QED) is 0.850. The van der Waals surface area contributed by atoms with Crippen molar-refractivity contribution in [2.45, 2.75) is 12.5 Å². The molecule has 0 aliphatic carbocycles. The summed E-state index contributed by atoms with van der Waals surface area (Å²) in [6.45, 7) is 0.526. The molecule has 8 heteroatoms. The molecule has 2 N–H and O–H groups in total. The fourth-order valence-corrected chi connectivity index (χ4v) is 3.55. The Balaban J connectivity index is 1.79. The number of ether oxygens (including phenoxy) is 1. The van der Waals surface area contributed by atoms with E-state index in [1.807, 2.05) is 30.3 Å². The Labute approximate surface area is 149 Å². The van der Waals surface area contributed by atoms with Crippen LogP contribution in [0.5, 0.6) is 0 Å². The monoisotopic (exact) mass is 361 g/mol. The molecule has 2 unspecified atom stereocenters. The Morgan fingerprint density at radius 2 is 2.08 bits per heavy atom. The number of benzene rings is 1.